The third-order valence-electron chi connectivity index (χ3n) is 4.61. The van der Waals surface area contributed by atoms with E-state index in [2.05, 4.69) is 43.0 Å². The molecule has 1 aromatic carbocycles. The van der Waals surface area contributed by atoms with Gasteiger partial charge in [0.15, 0.2) is 0 Å². The van der Waals surface area contributed by atoms with E-state index < -0.39 is 0 Å². The fraction of sp³-hybridized carbons (Fsp3) is 0.143. The quantitative estimate of drug-likeness (QED) is 0.374. The van der Waals surface area contributed by atoms with Crippen LogP contribution in [0.3, 0.4) is 0 Å². The number of anilines is 1. The molecule has 3 aromatic heterocycles. The second kappa shape index (κ2) is 8.52. The zero-order chi connectivity index (χ0) is 21.3. The van der Waals surface area contributed by atoms with Crippen LogP contribution in [0.4, 0.5) is 5.82 Å². The maximum atomic E-state index is 12.9. The first kappa shape index (κ1) is 20.5. The van der Waals surface area contributed by atoms with Crippen LogP contribution in [0.5, 0.6) is 0 Å². The van der Waals surface area contributed by atoms with E-state index in [1.165, 1.54) is 4.68 Å². The molecule has 2 N–H and O–H groups in total. The van der Waals surface area contributed by atoms with Gasteiger partial charge in [0.05, 0.1) is 10.4 Å². The van der Waals surface area contributed by atoms with E-state index >= 15 is 0 Å². The van der Waals surface area contributed by atoms with Gasteiger partial charge in [-0.25, -0.2) is 4.98 Å². The van der Waals surface area contributed by atoms with E-state index in [0.717, 1.165) is 8.45 Å². The van der Waals surface area contributed by atoms with Gasteiger partial charge in [-0.15, -0.1) is 11.3 Å². The number of amides is 1. The van der Waals surface area contributed by atoms with Gasteiger partial charge in [0.1, 0.15) is 11.5 Å². The van der Waals surface area contributed by atoms with Crippen LogP contribution < -0.4 is 10.9 Å². The Labute approximate surface area is 190 Å². The molecule has 0 atom stereocenters. The number of benzene rings is 1. The first-order valence-electron chi connectivity index (χ1n) is 9.28. The number of thiophene rings is 1. The number of H-pyrrole nitrogens is 1. The van der Waals surface area contributed by atoms with E-state index in [0.29, 0.717) is 34.8 Å². The highest BCUT2D eigenvalue weighted by Crippen LogP contribution is 2.28. The molecule has 152 valence electrons. The van der Waals surface area contributed by atoms with Gasteiger partial charge in [-0.3, -0.25) is 14.6 Å². The van der Waals surface area contributed by atoms with Crippen molar-refractivity contribution in [1.29, 1.82) is 0 Å². The fourth-order valence-corrected chi connectivity index (χ4v) is 4.43. The third kappa shape index (κ3) is 3.94. The van der Waals surface area contributed by atoms with Crippen molar-refractivity contribution in [2.75, 3.05) is 5.32 Å². The topological polar surface area (TPSA) is 92.7 Å². The van der Waals surface area contributed by atoms with E-state index in [4.69, 9.17) is 0 Å². The van der Waals surface area contributed by atoms with Gasteiger partial charge in [0.2, 0.25) is 5.95 Å². The molecule has 0 bridgehead atoms. The summed E-state index contributed by atoms with van der Waals surface area (Å²) >= 11 is 3.67. The number of aryl methyl sites for hydroxylation is 1. The van der Waals surface area contributed by atoms with Gasteiger partial charge < -0.3 is 5.32 Å². The predicted octanol–water partition coefficient (Wildman–Crippen LogP) is 4.41. The molecular weight excluding hydrogens is 513 g/mol. The Bertz CT molecular complexity index is 1280. The summed E-state index contributed by atoms with van der Waals surface area (Å²) in [6.45, 7) is 3.71. The van der Waals surface area contributed by atoms with Gasteiger partial charge >= 0.3 is 0 Å². The summed E-state index contributed by atoms with van der Waals surface area (Å²) in [5.74, 6) is 0.425. The van der Waals surface area contributed by atoms with Gasteiger partial charge in [0.25, 0.3) is 11.5 Å². The van der Waals surface area contributed by atoms with Crippen molar-refractivity contribution < 1.29 is 4.79 Å². The molecule has 0 radical (unpaired) electrons. The monoisotopic (exact) mass is 531 g/mol. The molecule has 0 aliphatic rings. The molecule has 0 aliphatic heterocycles. The highest BCUT2D eigenvalue weighted by atomic mass is 127. The zero-order valence-corrected chi connectivity index (χ0v) is 19.2. The molecule has 0 unspecified atom stereocenters. The number of hydrogen-bond donors (Lipinski definition) is 2. The molecule has 9 heteroatoms. The normalized spacial score (nSPS) is 10.9. The molecule has 0 saturated heterocycles. The lowest BCUT2D eigenvalue weighted by Gasteiger charge is -2.10. The van der Waals surface area contributed by atoms with E-state index in [9.17, 15) is 9.59 Å². The summed E-state index contributed by atoms with van der Waals surface area (Å²) < 4.78 is 2.31. The molecular formula is C21H18IN5O2S. The number of hydrogen-bond acceptors (Lipinski definition) is 5. The van der Waals surface area contributed by atoms with Crippen LogP contribution in [0, 0.1) is 10.5 Å². The molecule has 0 aliphatic carbocycles. The molecule has 3 heterocycles. The van der Waals surface area contributed by atoms with Crippen molar-refractivity contribution in [3.8, 4) is 16.5 Å². The first-order valence-corrected chi connectivity index (χ1v) is 11.2. The smallest absolute Gasteiger partial charge is 0.257 e. The number of aromatic amines is 1. The molecule has 30 heavy (non-hydrogen) atoms. The fourth-order valence-electron chi connectivity index (χ4n) is 3.12. The van der Waals surface area contributed by atoms with Gasteiger partial charge in [-0.1, -0.05) is 25.1 Å². The minimum Gasteiger partial charge on any atom is -0.306 e. The van der Waals surface area contributed by atoms with Crippen LogP contribution in [0.15, 0.2) is 52.6 Å². The largest absolute Gasteiger partial charge is 0.306 e. The van der Waals surface area contributed by atoms with Crippen LogP contribution in [0.25, 0.3) is 16.5 Å². The third-order valence-corrected chi connectivity index (χ3v) is 6.44. The zero-order valence-electron chi connectivity index (χ0n) is 16.3. The van der Waals surface area contributed by atoms with Crippen LogP contribution in [0.2, 0.25) is 0 Å². The minimum absolute atomic E-state index is 0.206. The van der Waals surface area contributed by atoms with Crippen molar-refractivity contribution in [2.24, 2.45) is 0 Å². The van der Waals surface area contributed by atoms with Crippen LogP contribution in [-0.2, 0) is 6.42 Å². The van der Waals surface area contributed by atoms with Crippen molar-refractivity contribution in [3.05, 3.63) is 78.6 Å². The predicted molar refractivity (Wildman–Crippen MR) is 127 cm³/mol. The van der Waals surface area contributed by atoms with Crippen molar-refractivity contribution in [3.63, 3.8) is 0 Å². The standard InChI is InChI=1S/C21H18IN5O2S/c1-3-13-12(2)23-21(25-19(13)28)27-18(11-16(26-27)17-9-6-10-30-17)24-20(29)14-7-4-5-8-15(14)22/h4-11H,3H2,1-2H3,(H,24,29)(H,23,25,28). The lowest BCUT2D eigenvalue weighted by molar-refractivity contribution is 0.102. The number of nitrogens with zero attached hydrogens (tertiary/aromatic N) is 3. The molecule has 1 amide bonds. The van der Waals surface area contributed by atoms with Crippen LogP contribution in [-0.4, -0.2) is 25.7 Å². The average molecular weight is 531 g/mol. The van der Waals surface area contributed by atoms with Crippen molar-refractivity contribution in [1.82, 2.24) is 19.7 Å². The van der Waals surface area contributed by atoms with E-state index in [1.807, 2.05) is 42.6 Å². The number of halogens is 1. The van der Waals surface area contributed by atoms with E-state index in [-0.39, 0.29) is 17.4 Å². The first-order chi connectivity index (χ1) is 14.5. The molecule has 0 saturated carbocycles. The van der Waals surface area contributed by atoms with Crippen molar-refractivity contribution in [2.45, 2.75) is 20.3 Å². The Hall–Kier alpha value is -2.79. The highest BCUT2D eigenvalue weighted by molar-refractivity contribution is 14.1. The maximum absolute atomic E-state index is 12.9. The van der Waals surface area contributed by atoms with E-state index in [1.54, 1.807) is 30.4 Å². The summed E-state index contributed by atoms with van der Waals surface area (Å²) in [4.78, 5) is 33.6. The lowest BCUT2D eigenvalue weighted by atomic mass is 10.2. The lowest BCUT2D eigenvalue weighted by Crippen LogP contribution is -2.22. The number of nitrogens with one attached hydrogen (secondary N) is 2. The maximum Gasteiger partial charge on any atom is 0.257 e. The van der Waals surface area contributed by atoms with Crippen LogP contribution in [0.1, 0.15) is 28.5 Å². The molecule has 0 spiro atoms. The Morgan fingerprint density at radius 1 is 1.27 bits per heavy atom. The highest BCUT2D eigenvalue weighted by Gasteiger charge is 2.18. The molecule has 4 aromatic rings. The molecule has 7 nitrogen and oxygen atoms in total. The molecule has 0 fully saturated rings. The summed E-state index contributed by atoms with van der Waals surface area (Å²) in [5.41, 5.74) is 2.31. The number of rotatable bonds is 5. The van der Waals surface area contributed by atoms with Gasteiger partial charge in [-0.2, -0.15) is 9.78 Å². The summed E-state index contributed by atoms with van der Waals surface area (Å²) in [6.07, 6.45) is 0.587. The Balaban J connectivity index is 1.81. The van der Waals surface area contributed by atoms with Crippen LogP contribution >= 0.6 is 33.9 Å². The number of carbonyl (C=O) groups excluding carboxylic acids is 1. The minimum atomic E-state index is -0.261. The van der Waals surface area contributed by atoms with Gasteiger partial charge in [-0.05, 0) is 59.5 Å². The number of aromatic nitrogens is 4. The number of carbonyl (C=O) groups is 1. The molecule has 4 rings (SSSR count). The SMILES string of the molecule is CCc1c(C)nc(-n2nc(-c3cccs3)cc2NC(=O)c2ccccc2I)[nH]c1=O. The summed E-state index contributed by atoms with van der Waals surface area (Å²) in [5, 5.41) is 9.48. The Morgan fingerprint density at radius 3 is 2.73 bits per heavy atom. The Morgan fingerprint density at radius 2 is 2.07 bits per heavy atom. The average Bonchev–Trinajstić information content (AvgIpc) is 3.38. The van der Waals surface area contributed by atoms with Crippen molar-refractivity contribution >= 4 is 45.7 Å². The Kier molecular flexibility index (Phi) is 5.82. The second-order valence-corrected chi connectivity index (χ2v) is 8.65. The summed E-state index contributed by atoms with van der Waals surface area (Å²) in [7, 11) is 0. The second-order valence-electron chi connectivity index (χ2n) is 6.54. The summed E-state index contributed by atoms with van der Waals surface area (Å²) in [6, 6.07) is 13.0. The van der Waals surface area contributed by atoms with Gasteiger partial charge in [0, 0.05) is 20.9 Å².